The summed E-state index contributed by atoms with van der Waals surface area (Å²) in [5, 5.41) is 0. The molecule has 68 valence electrons. The SMILES string of the molecule is C\C=C/C(C)=C\C=C\CC(C)C. The van der Waals surface area contributed by atoms with E-state index in [1.807, 2.05) is 6.92 Å². The molecule has 12 heavy (non-hydrogen) atoms. The van der Waals surface area contributed by atoms with Crippen molar-refractivity contribution < 1.29 is 0 Å². The highest BCUT2D eigenvalue weighted by molar-refractivity contribution is 5.20. The third-order valence-corrected chi connectivity index (χ3v) is 1.53. The molecule has 0 aromatic heterocycles. The van der Waals surface area contributed by atoms with Crippen molar-refractivity contribution in [2.45, 2.75) is 34.1 Å². The summed E-state index contributed by atoms with van der Waals surface area (Å²) in [6, 6.07) is 0. The van der Waals surface area contributed by atoms with Gasteiger partial charge in [-0.3, -0.25) is 0 Å². The van der Waals surface area contributed by atoms with Crippen LogP contribution in [0.1, 0.15) is 34.1 Å². The molecule has 0 heterocycles. The Morgan fingerprint density at radius 1 is 1.33 bits per heavy atom. The molecule has 0 saturated carbocycles. The van der Waals surface area contributed by atoms with Crippen LogP contribution in [0.4, 0.5) is 0 Å². The van der Waals surface area contributed by atoms with Crippen molar-refractivity contribution in [2.75, 3.05) is 0 Å². The van der Waals surface area contributed by atoms with Gasteiger partial charge in [0.2, 0.25) is 0 Å². The highest BCUT2D eigenvalue weighted by atomic mass is 13.9. The molecule has 0 aliphatic heterocycles. The standard InChI is InChI=1S/C12H20/c1-5-8-12(4)10-7-6-9-11(2)3/h5-8,10-11H,9H2,1-4H3/b7-6+,8-5-,12-10-. The minimum atomic E-state index is 0.761. The molecule has 0 unspecified atom stereocenters. The average Bonchev–Trinajstić information content (AvgIpc) is 1.98. The Morgan fingerprint density at radius 3 is 2.50 bits per heavy atom. The lowest BCUT2D eigenvalue weighted by Gasteiger charge is -1.95. The Kier molecular flexibility index (Phi) is 6.45. The van der Waals surface area contributed by atoms with Gasteiger partial charge in [-0.15, -0.1) is 0 Å². The van der Waals surface area contributed by atoms with Gasteiger partial charge in [-0.05, 0) is 26.2 Å². The number of allylic oxidation sites excluding steroid dienone is 6. The van der Waals surface area contributed by atoms with E-state index in [0.29, 0.717) is 0 Å². The van der Waals surface area contributed by atoms with Gasteiger partial charge in [-0.2, -0.15) is 0 Å². The molecule has 0 amide bonds. The lowest BCUT2D eigenvalue weighted by molar-refractivity contribution is 0.664. The Morgan fingerprint density at radius 2 is 2.00 bits per heavy atom. The van der Waals surface area contributed by atoms with E-state index in [-0.39, 0.29) is 0 Å². The van der Waals surface area contributed by atoms with E-state index < -0.39 is 0 Å². The summed E-state index contributed by atoms with van der Waals surface area (Å²) in [5.74, 6) is 0.761. The van der Waals surface area contributed by atoms with Crippen LogP contribution in [0.2, 0.25) is 0 Å². The quantitative estimate of drug-likeness (QED) is 0.548. The van der Waals surface area contributed by atoms with Crippen molar-refractivity contribution in [1.29, 1.82) is 0 Å². The number of hydrogen-bond acceptors (Lipinski definition) is 0. The Bertz CT molecular complexity index is 180. The molecule has 0 heteroatoms. The summed E-state index contributed by atoms with van der Waals surface area (Å²) in [6.45, 7) is 8.61. The maximum absolute atomic E-state index is 2.23. The van der Waals surface area contributed by atoms with Crippen molar-refractivity contribution in [2.24, 2.45) is 5.92 Å². The fourth-order valence-corrected chi connectivity index (χ4v) is 0.889. The molecule has 0 aliphatic rings. The summed E-state index contributed by atoms with van der Waals surface area (Å²) >= 11 is 0. The molecule has 0 fully saturated rings. The Balaban J connectivity index is 3.78. The second kappa shape index (κ2) is 6.90. The van der Waals surface area contributed by atoms with Crippen LogP contribution >= 0.6 is 0 Å². The predicted molar refractivity (Wildman–Crippen MR) is 57.2 cm³/mol. The Labute approximate surface area is 76.7 Å². The molecule has 0 bridgehead atoms. The monoisotopic (exact) mass is 164 g/mol. The maximum atomic E-state index is 2.23. The van der Waals surface area contributed by atoms with Gasteiger partial charge in [0.05, 0.1) is 0 Å². The van der Waals surface area contributed by atoms with Crippen LogP contribution in [-0.2, 0) is 0 Å². The molecule has 0 aromatic rings. The van der Waals surface area contributed by atoms with Crippen LogP contribution < -0.4 is 0 Å². The molecular formula is C12H20. The van der Waals surface area contributed by atoms with Crippen LogP contribution in [0, 0.1) is 5.92 Å². The van der Waals surface area contributed by atoms with Gasteiger partial charge in [-0.25, -0.2) is 0 Å². The third-order valence-electron chi connectivity index (χ3n) is 1.53. The van der Waals surface area contributed by atoms with Crippen molar-refractivity contribution in [3.8, 4) is 0 Å². The summed E-state index contributed by atoms with van der Waals surface area (Å²) < 4.78 is 0. The summed E-state index contributed by atoms with van der Waals surface area (Å²) in [6.07, 6.45) is 11.8. The van der Waals surface area contributed by atoms with E-state index in [1.165, 1.54) is 12.0 Å². The van der Waals surface area contributed by atoms with E-state index in [1.54, 1.807) is 0 Å². The summed E-state index contributed by atoms with van der Waals surface area (Å²) in [5.41, 5.74) is 1.30. The van der Waals surface area contributed by atoms with Crippen LogP contribution in [0.25, 0.3) is 0 Å². The van der Waals surface area contributed by atoms with Gasteiger partial charge in [-0.1, -0.05) is 49.8 Å². The fourth-order valence-electron chi connectivity index (χ4n) is 0.889. The van der Waals surface area contributed by atoms with Crippen molar-refractivity contribution in [1.82, 2.24) is 0 Å². The zero-order chi connectivity index (χ0) is 9.40. The van der Waals surface area contributed by atoms with Crippen molar-refractivity contribution in [3.63, 3.8) is 0 Å². The molecule has 0 saturated heterocycles. The molecule has 0 N–H and O–H groups in total. The first-order chi connectivity index (χ1) is 5.66. The highest BCUT2D eigenvalue weighted by Gasteiger charge is 1.85. The van der Waals surface area contributed by atoms with Crippen molar-refractivity contribution >= 4 is 0 Å². The van der Waals surface area contributed by atoms with Crippen LogP contribution in [0.3, 0.4) is 0 Å². The van der Waals surface area contributed by atoms with Gasteiger partial charge in [0.15, 0.2) is 0 Å². The minimum Gasteiger partial charge on any atom is -0.0874 e. The lowest BCUT2D eigenvalue weighted by Crippen LogP contribution is -1.80. The molecule has 0 spiro atoms. The van der Waals surface area contributed by atoms with Gasteiger partial charge in [0.25, 0.3) is 0 Å². The smallest absolute Gasteiger partial charge is 0.0324 e. The highest BCUT2D eigenvalue weighted by Crippen LogP contribution is 2.01. The van der Waals surface area contributed by atoms with Crippen molar-refractivity contribution in [3.05, 3.63) is 36.0 Å². The fraction of sp³-hybridized carbons (Fsp3) is 0.500. The topological polar surface area (TPSA) is 0 Å². The summed E-state index contributed by atoms with van der Waals surface area (Å²) in [4.78, 5) is 0. The van der Waals surface area contributed by atoms with Gasteiger partial charge in [0, 0.05) is 0 Å². The molecule has 0 aromatic carbocycles. The number of rotatable bonds is 4. The molecule has 0 atom stereocenters. The normalized spacial score (nSPS) is 13.9. The summed E-state index contributed by atoms with van der Waals surface area (Å²) in [7, 11) is 0. The van der Waals surface area contributed by atoms with Gasteiger partial charge >= 0.3 is 0 Å². The first-order valence-corrected chi connectivity index (χ1v) is 4.63. The van der Waals surface area contributed by atoms with E-state index >= 15 is 0 Å². The zero-order valence-electron chi connectivity index (χ0n) is 8.67. The zero-order valence-corrected chi connectivity index (χ0v) is 8.67. The molecule has 0 rings (SSSR count). The van der Waals surface area contributed by atoms with E-state index in [9.17, 15) is 0 Å². The van der Waals surface area contributed by atoms with Gasteiger partial charge in [0.1, 0.15) is 0 Å². The number of hydrogen-bond donors (Lipinski definition) is 0. The maximum Gasteiger partial charge on any atom is -0.0324 e. The third kappa shape index (κ3) is 7.33. The predicted octanol–water partition coefficient (Wildman–Crippen LogP) is 4.11. The van der Waals surface area contributed by atoms with Crippen LogP contribution in [0.5, 0.6) is 0 Å². The lowest BCUT2D eigenvalue weighted by atomic mass is 10.1. The van der Waals surface area contributed by atoms with E-state index in [0.717, 1.165) is 5.92 Å². The second-order valence-electron chi connectivity index (χ2n) is 3.47. The van der Waals surface area contributed by atoms with Gasteiger partial charge < -0.3 is 0 Å². The van der Waals surface area contributed by atoms with E-state index in [4.69, 9.17) is 0 Å². The first kappa shape index (κ1) is 11.2. The molecule has 0 nitrogen and oxygen atoms in total. The van der Waals surface area contributed by atoms with Crippen LogP contribution in [0.15, 0.2) is 36.0 Å². The average molecular weight is 164 g/mol. The molecule has 0 radical (unpaired) electrons. The van der Waals surface area contributed by atoms with E-state index in [2.05, 4.69) is 51.2 Å². The molecular weight excluding hydrogens is 144 g/mol. The van der Waals surface area contributed by atoms with Crippen LogP contribution in [-0.4, -0.2) is 0 Å². The second-order valence-corrected chi connectivity index (χ2v) is 3.47. The first-order valence-electron chi connectivity index (χ1n) is 4.63. The minimum absolute atomic E-state index is 0.761. The molecule has 0 aliphatic carbocycles. The largest absolute Gasteiger partial charge is 0.0874 e. The Hall–Kier alpha value is -0.780.